The van der Waals surface area contributed by atoms with E-state index in [1.807, 2.05) is 6.92 Å². The maximum absolute atomic E-state index is 12.6. The molecule has 1 aliphatic rings. The highest BCUT2D eigenvalue weighted by Crippen LogP contribution is 2.33. The summed E-state index contributed by atoms with van der Waals surface area (Å²) in [6.45, 7) is 2.03. The minimum atomic E-state index is -4.43. The van der Waals surface area contributed by atoms with Crippen molar-refractivity contribution in [1.29, 1.82) is 0 Å². The van der Waals surface area contributed by atoms with Gasteiger partial charge in [-0.05, 0) is 37.0 Å². The Kier molecular flexibility index (Phi) is 4.27. The van der Waals surface area contributed by atoms with Crippen LogP contribution in [-0.2, 0) is 11.0 Å². The molecule has 2 rings (SSSR count). The van der Waals surface area contributed by atoms with Gasteiger partial charge in [0, 0.05) is 5.69 Å². The van der Waals surface area contributed by atoms with Gasteiger partial charge in [-0.2, -0.15) is 13.2 Å². The number of halogens is 3. The number of nitrogens with one attached hydrogen (secondary N) is 1. The lowest BCUT2D eigenvalue weighted by Crippen LogP contribution is -2.53. The van der Waals surface area contributed by atoms with E-state index in [0.29, 0.717) is 18.8 Å². The van der Waals surface area contributed by atoms with Crippen LogP contribution in [-0.4, -0.2) is 11.4 Å². The van der Waals surface area contributed by atoms with Crippen LogP contribution in [0, 0.1) is 5.92 Å². The van der Waals surface area contributed by atoms with Crippen molar-refractivity contribution in [3.63, 3.8) is 0 Å². The highest BCUT2D eigenvalue weighted by atomic mass is 19.4. The van der Waals surface area contributed by atoms with Gasteiger partial charge in [-0.1, -0.05) is 25.8 Å². The van der Waals surface area contributed by atoms with Crippen LogP contribution in [0.2, 0.25) is 0 Å². The number of nitrogens with two attached hydrogens (primary N) is 1. The first-order valence-electron chi connectivity index (χ1n) is 6.98. The summed E-state index contributed by atoms with van der Waals surface area (Å²) in [5, 5.41) is 2.52. The lowest BCUT2D eigenvalue weighted by Gasteiger charge is -2.35. The Morgan fingerprint density at radius 1 is 1.43 bits per heavy atom. The van der Waals surface area contributed by atoms with Crippen LogP contribution in [0.25, 0.3) is 0 Å². The molecule has 3 nitrogen and oxygen atoms in total. The molecular formula is C15H19F3N2O. The van der Waals surface area contributed by atoms with Crippen LogP contribution < -0.4 is 11.1 Å². The second-order valence-corrected chi connectivity index (χ2v) is 5.89. The van der Waals surface area contributed by atoms with Gasteiger partial charge in [0.15, 0.2) is 0 Å². The summed E-state index contributed by atoms with van der Waals surface area (Å²) < 4.78 is 37.9. The van der Waals surface area contributed by atoms with E-state index in [2.05, 4.69) is 5.32 Å². The second-order valence-electron chi connectivity index (χ2n) is 5.89. The minimum absolute atomic E-state index is 0.123. The number of hydrogen-bond donors (Lipinski definition) is 2. The smallest absolute Gasteiger partial charge is 0.324 e. The van der Waals surface area contributed by atoms with Crippen LogP contribution in [0.15, 0.2) is 24.3 Å². The molecule has 116 valence electrons. The maximum Gasteiger partial charge on any atom is 0.416 e. The van der Waals surface area contributed by atoms with Crippen LogP contribution in [0.4, 0.5) is 18.9 Å². The molecule has 0 radical (unpaired) electrons. The Morgan fingerprint density at radius 3 is 2.76 bits per heavy atom. The van der Waals surface area contributed by atoms with Gasteiger partial charge in [0.05, 0.1) is 11.1 Å². The average Bonchev–Trinajstić information content (AvgIpc) is 2.37. The van der Waals surface area contributed by atoms with E-state index >= 15 is 0 Å². The molecule has 1 aromatic rings. The molecular weight excluding hydrogens is 281 g/mol. The van der Waals surface area contributed by atoms with Crippen LogP contribution in [0.3, 0.4) is 0 Å². The molecule has 1 fully saturated rings. The number of hydrogen-bond acceptors (Lipinski definition) is 2. The van der Waals surface area contributed by atoms with Gasteiger partial charge < -0.3 is 11.1 Å². The lowest BCUT2D eigenvalue weighted by atomic mass is 9.76. The number of carbonyl (C=O) groups is 1. The van der Waals surface area contributed by atoms with Crippen molar-refractivity contribution in [1.82, 2.24) is 0 Å². The molecule has 0 aliphatic heterocycles. The van der Waals surface area contributed by atoms with Crippen molar-refractivity contribution >= 4 is 11.6 Å². The average molecular weight is 300 g/mol. The molecule has 2 unspecified atom stereocenters. The first kappa shape index (κ1) is 15.8. The van der Waals surface area contributed by atoms with Crippen molar-refractivity contribution < 1.29 is 18.0 Å². The fourth-order valence-electron chi connectivity index (χ4n) is 2.83. The van der Waals surface area contributed by atoms with Gasteiger partial charge in [0.1, 0.15) is 0 Å². The Morgan fingerprint density at radius 2 is 2.14 bits per heavy atom. The summed E-state index contributed by atoms with van der Waals surface area (Å²) in [5.74, 6) is -0.0654. The molecule has 0 spiro atoms. The Labute approximate surface area is 121 Å². The summed E-state index contributed by atoms with van der Waals surface area (Å²) in [5.41, 5.74) is 4.47. The van der Waals surface area contributed by atoms with Gasteiger partial charge >= 0.3 is 6.18 Å². The highest BCUT2D eigenvalue weighted by molar-refractivity contribution is 5.98. The Balaban J connectivity index is 2.12. The predicted octanol–water partition coefficient (Wildman–Crippen LogP) is 3.55. The van der Waals surface area contributed by atoms with Crippen molar-refractivity contribution in [2.75, 3.05) is 5.32 Å². The Bertz CT molecular complexity index is 530. The quantitative estimate of drug-likeness (QED) is 0.877. The zero-order valence-corrected chi connectivity index (χ0v) is 11.8. The van der Waals surface area contributed by atoms with E-state index in [0.717, 1.165) is 25.0 Å². The number of anilines is 1. The molecule has 21 heavy (non-hydrogen) atoms. The molecule has 1 amide bonds. The van der Waals surface area contributed by atoms with Gasteiger partial charge in [-0.25, -0.2) is 0 Å². The molecule has 1 saturated carbocycles. The van der Waals surface area contributed by atoms with Crippen molar-refractivity contribution in [2.45, 2.75) is 44.3 Å². The number of carbonyl (C=O) groups excluding carboxylic acids is 1. The van der Waals surface area contributed by atoms with E-state index in [1.54, 1.807) is 0 Å². The molecule has 0 heterocycles. The van der Waals surface area contributed by atoms with E-state index in [1.165, 1.54) is 12.1 Å². The third kappa shape index (κ3) is 3.75. The molecule has 1 aromatic carbocycles. The monoisotopic (exact) mass is 300 g/mol. The standard InChI is InChI=1S/C15H19F3N2O/c1-10-4-3-7-14(19,9-10)13(21)20-12-6-2-5-11(8-12)15(16,17)18/h2,5-6,8,10H,3-4,7,9,19H2,1H3,(H,20,21). The molecule has 0 aromatic heterocycles. The van der Waals surface area contributed by atoms with Gasteiger partial charge in [0.2, 0.25) is 5.91 Å². The summed E-state index contributed by atoms with van der Waals surface area (Å²) in [6.07, 6.45) is -1.44. The molecule has 6 heteroatoms. The van der Waals surface area contributed by atoms with Crippen molar-refractivity contribution in [3.8, 4) is 0 Å². The van der Waals surface area contributed by atoms with E-state index in [9.17, 15) is 18.0 Å². The van der Waals surface area contributed by atoms with E-state index in [4.69, 9.17) is 5.73 Å². The SMILES string of the molecule is CC1CCCC(N)(C(=O)Nc2cccc(C(F)(F)F)c2)C1. The van der Waals surface area contributed by atoms with Crippen molar-refractivity contribution in [3.05, 3.63) is 29.8 Å². The largest absolute Gasteiger partial charge is 0.416 e. The molecule has 3 N–H and O–H groups in total. The molecule has 0 saturated heterocycles. The highest BCUT2D eigenvalue weighted by Gasteiger charge is 2.38. The molecule has 1 aliphatic carbocycles. The normalized spacial score (nSPS) is 26.4. The van der Waals surface area contributed by atoms with Crippen molar-refractivity contribution in [2.24, 2.45) is 11.7 Å². The third-order valence-electron chi connectivity index (χ3n) is 3.93. The van der Waals surface area contributed by atoms with Gasteiger partial charge in [-0.15, -0.1) is 0 Å². The first-order chi connectivity index (χ1) is 9.71. The van der Waals surface area contributed by atoms with Crippen LogP contribution >= 0.6 is 0 Å². The zero-order chi connectivity index (χ0) is 15.7. The fraction of sp³-hybridized carbons (Fsp3) is 0.533. The lowest BCUT2D eigenvalue weighted by molar-refractivity contribution is -0.137. The number of amides is 1. The predicted molar refractivity (Wildman–Crippen MR) is 74.6 cm³/mol. The number of benzene rings is 1. The first-order valence-corrected chi connectivity index (χ1v) is 6.98. The minimum Gasteiger partial charge on any atom is -0.324 e. The summed E-state index contributed by atoms with van der Waals surface area (Å²) in [7, 11) is 0. The summed E-state index contributed by atoms with van der Waals surface area (Å²) >= 11 is 0. The Hall–Kier alpha value is -1.56. The second kappa shape index (κ2) is 5.67. The molecule has 2 atom stereocenters. The molecule has 0 bridgehead atoms. The number of rotatable bonds is 2. The summed E-state index contributed by atoms with van der Waals surface area (Å²) in [4.78, 5) is 12.3. The topological polar surface area (TPSA) is 55.1 Å². The van der Waals surface area contributed by atoms with E-state index in [-0.39, 0.29) is 5.69 Å². The van der Waals surface area contributed by atoms with E-state index < -0.39 is 23.2 Å². The number of alkyl halides is 3. The fourth-order valence-corrected chi connectivity index (χ4v) is 2.83. The zero-order valence-electron chi connectivity index (χ0n) is 11.8. The van der Waals surface area contributed by atoms with Crippen LogP contribution in [0.1, 0.15) is 38.2 Å². The third-order valence-corrected chi connectivity index (χ3v) is 3.93. The van der Waals surface area contributed by atoms with Gasteiger partial charge in [0.25, 0.3) is 0 Å². The summed E-state index contributed by atoms with van der Waals surface area (Å²) in [6, 6.07) is 4.60. The van der Waals surface area contributed by atoms with Gasteiger partial charge in [-0.3, -0.25) is 4.79 Å². The maximum atomic E-state index is 12.6. The van der Waals surface area contributed by atoms with Crippen LogP contribution in [0.5, 0.6) is 0 Å².